The first kappa shape index (κ1) is 9.92. The summed E-state index contributed by atoms with van der Waals surface area (Å²) in [6.07, 6.45) is 0. The highest BCUT2D eigenvalue weighted by Crippen LogP contribution is 2.06. The fourth-order valence-corrected chi connectivity index (χ4v) is 1.63. The van der Waals surface area contributed by atoms with E-state index in [4.69, 9.17) is 10.4 Å². The molecule has 3 nitrogen and oxygen atoms in total. The molecule has 4 heteroatoms. The van der Waals surface area contributed by atoms with Gasteiger partial charge in [0.05, 0.1) is 8.07 Å². The summed E-state index contributed by atoms with van der Waals surface area (Å²) in [4.78, 5) is 10.3. The molecule has 0 unspecified atom stereocenters. The van der Waals surface area contributed by atoms with Crippen LogP contribution in [0.1, 0.15) is 0 Å². The van der Waals surface area contributed by atoms with Crippen molar-refractivity contribution in [2.24, 2.45) is 0 Å². The van der Waals surface area contributed by atoms with E-state index in [9.17, 15) is 4.79 Å². The number of hydrogen-bond acceptors (Lipinski definition) is 2. The molecule has 0 radical (unpaired) electrons. The normalized spacial score (nSPS) is 12.4. The first-order valence-electron chi connectivity index (χ1n) is 3.23. The van der Waals surface area contributed by atoms with Gasteiger partial charge in [-0.2, -0.15) is 5.26 Å². The smallest absolute Gasteiger partial charge is 0.345 e. The second-order valence-corrected chi connectivity index (χ2v) is 8.36. The lowest BCUT2D eigenvalue weighted by Crippen LogP contribution is -2.18. The SMILES string of the molecule is C[Si](C)(C)C=C(C#N)C(=O)O. The van der Waals surface area contributed by atoms with E-state index < -0.39 is 14.0 Å². The highest BCUT2D eigenvalue weighted by atomic mass is 28.3. The maximum atomic E-state index is 10.3. The lowest BCUT2D eigenvalue weighted by molar-refractivity contribution is -0.132. The summed E-state index contributed by atoms with van der Waals surface area (Å²) < 4.78 is 0. The second-order valence-electron chi connectivity index (χ2n) is 3.34. The summed E-state index contributed by atoms with van der Waals surface area (Å²) in [6.45, 7) is 5.94. The van der Waals surface area contributed by atoms with Crippen LogP contribution in [0.2, 0.25) is 19.6 Å². The standard InChI is InChI=1S/C7H11NO2Si/c1-11(2,3)5-6(4-8)7(9)10/h5H,1-3H3,(H,9,10). The van der Waals surface area contributed by atoms with E-state index in [-0.39, 0.29) is 5.57 Å². The van der Waals surface area contributed by atoms with Crippen LogP contribution in [0.25, 0.3) is 0 Å². The molecule has 0 aromatic rings. The van der Waals surface area contributed by atoms with Gasteiger partial charge in [0.1, 0.15) is 11.6 Å². The highest BCUT2D eigenvalue weighted by molar-refractivity contribution is 6.81. The highest BCUT2D eigenvalue weighted by Gasteiger charge is 2.14. The van der Waals surface area contributed by atoms with E-state index in [1.54, 1.807) is 11.8 Å². The molecule has 0 spiro atoms. The summed E-state index contributed by atoms with van der Waals surface area (Å²) in [6, 6.07) is 1.65. The summed E-state index contributed by atoms with van der Waals surface area (Å²) >= 11 is 0. The molecule has 0 bridgehead atoms. The van der Waals surface area contributed by atoms with Crippen LogP contribution in [0.3, 0.4) is 0 Å². The molecule has 0 aliphatic heterocycles. The van der Waals surface area contributed by atoms with Crippen molar-refractivity contribution in [3.8, 4) is 6.07 Å². The van der Waals surface area contributed by atoms with Crippen LogP contribution in [-0.4, -0.2) is 19.1 Å². The maximum absolute atomic E-state index is 10.3. The van der Waals surface area contributed by atoms with Crippen LogP contribution in [0, 0.1) is 11.3 Å². The van der Waals surface area contributed by atoms with Gasteiger partial charge >= 0.3 is 5.97 Å². The Bertz CT molecular complexity index is 232. The van der Waals surface area contributed by atoms with Gasteiger partial charge in [0.2, 0.25) is 0 Å². The zero-order valence-corrected chi connectivity index (χ0v) is 7.88. The Kier molecular flexibility index (Phi) is 3.02. The van der Waals surface area contributed by atoms with Gasteiger partial charge in [-0.05, 0) is 0 Å². The molecule has 0 amide bonds. The van der Waals surface area contributed by atoms with Gasteiger partial charge in [0, 0.05) is 0 Å². The van der Waals surface area contributed by atoms with Crippen LogP contribution in [0.4, 0.5) is 0 Å². The number of carboxylic acid groups (broad SMARTS) is 1. The average Bonchev–Trinajstić information content (AvgIpc) is 1.80. The van der Waals surface area contributed by atoms with Gasteiger partial charge in [0.25, 0.3) is 0 Å². The van der Waals surface area contributed by atoms with Crippen molar-refractivity contribution in [3.63, 3.8) is 0 Å². The molecular weight excluding hydrogens is 158 g/mol. The Morgan fingerprint density at radius 1 is 1.55 bits per heavy atom. The quantitative estimate of drug-likeness (QED) is 0.386. The molecule has 0 aromatic carbocycles. The molecule has 0 heterocycles. The summed E-state index contributed by atoms with van der Waals surface area (Å²) in [5.41, 5.74) is 1.44. The molecule has 1 N–H and O–H groups in total. The molecule has 60 valence electrons. The number of nitrogens with zero attached hydrogens (tertiary/aromatic N) is 1. The van der Waals surface area contributed by atoms with E-state index in [0.717, 1.165) is 0 Å². The number of carbonyl (C=O) groups is 1. The van der Waals surface area contributed by atoms with E-state index >= 15 is 0 Å². The Morgan fingerprint density at radius 2 is 2.00 bits per heavy atom. The molecule has 0 fully saturated rings. The third-order valence-electron chi connectivity index (χ3n) is 0.928. The molecule has 0 aliphatic rings. The average molecular weight is 169 g/mol. The Hall–Kier alpha value is -1.08. The van der Waals surface area contributed by atoms with Crippen LogP contribution in [0.5, 0.6) is 0 Å². The van der Waals surface area contributed by atoms with Crippen LogP contribution in [0.15, 0.2) is 11.3 Å². The first-order valence-corrected chi connectivity index (χ1v) is 6.81. The lowest BCUT2D eigenvalue weighted by atomic mass is 10.3. The lowest BCUT2D eigenvalue weighted by Gasteiger charge is -2.07. The van der Waals surface area contributed by atoms with Crippen molar-refractivity contribution >= 4 is 14.0 Å². The van der Waals surface area contributed by atoms with E-state index in [1.165, 1.54) is 0 Å². The fourth-order valence-electron chi connectivity index (χ4n) is 0.575. The van der Waals surface area contributed by atoms with E-state index in [0.29, 0.717) is 0 Å². The molecule has 11 heavy (non-hydrogen) atoms. The molecule has 0 aromatic heterocycles. The third kappa shape index (κ3) is 4.34. The first-order chi connectivity index (χ1) is 4.87. The van der Waals surface area contributed by atoms with E-state index in [1.807, 2.05) is 19.6 Å². The number of nitriles is 1. The molecule has 0 saturated heterocycles. The molecule has 0 atom stereocenters. The van der Waals surface area contributed by atoms with Gasteiger partial charge in [-0.3, -0.25) is 0 Å². The molecule has 0 aliphatic carbocycles. The third-order valence-corrected chi connectivity index (χ3v) is 2.08. The van der Waals surface area contributed by atoms with Crippen molar-refractivity contribution in [3.05, 3.63) is 11.3 Å². The molecule has 0 rings (SSSR count). The summed E-state index contributed by atoms with van der Waals surface area (Å²) in [7, 11) is -1.57. The minimum Gasteiger partial charge on any atom is -0.477 e. The van der Waals surface area contributed by atoms with Gasteiger partial charge in [-0.25, -0.2) is 4.79 Å². The topological polar surface area (TPSA) is 61.1 Å². The van der Waals surface area contributed by atoms with Gasteiger partial charge in [-0.15, -0.1) is 0 Å². The summed E-state index contributed by atoms with van der Waals surface area (Å²) in [5.74, 6) is -1.13. The predicted octanol–water partition coefficient (Wildman–Crippen LogP) is 1.40. The maximum Gasteiger partial charge on any atom is 0.345 e. The number of hydrogen-bond donors (Lipinski definition) is 1. The fraction of sp³-hybridized carbons (Fsp3) is 0.429. The van der Waals surface area contributed by atoms with Crippen molar-refractivity contribution < 1.29 is 9.90 Å². The van der Waals surface area contributed by atoms with Crippen LogP contribution < -0.4 is 0 Å². The predicted molar refractivity (Wildman–Crippen MR) is 44.7 cm³/mol. The Morgan fingerprint density at radius 3 is 2.09 bits per heavy atom. The zero-order valence-electron chi connectivity index (χ0n) is 6.88. The van der Waals surface area contributed by atoms with Crippen molar-refractivity contribution in [1.82, 2.24) is 0 Å². The molecular formula is C7H11NO2Si. The van der Waals surface area contributed by atoms with Crippen molar-refractivity contribution in [1.29, 1.82) is 5.26 Å². The zero-order chi connectivity index (χ0) is 9.07. The van der Waals surface area contributed by atoms with Gasteiger partial charge < -0.3 is 5.11 Å². The van der Waals surface area contributed by atoms with E-state index in [2.05, 4.69) is 0 Å². The number of aliphatic carboxylic acids is 1. The van der Waals surface area contributed by atoms with Crippen LogP contribution >= 0.6 is 0 Å². The number of carboxylic acids is 1. The largest absolute Gasteiger partial charge is 0.477 e. The number of rotatable bonds is 2. The Balaban J connectivity index is 4.68. The minimum atomic E-state index is -1.57. The van der Waals surface area contributed by atoms with Crippen LogP contribution in [-0.2, 0) is 4.79 Å². The second kappa shape index (κ2) is 3.35. The molecule has 0 saturated carbocycles. The van der Waals surface area contributed by atoms with Crippen molar-refractivity contribution in [2.45, 2.75) is 19.6 Å². The Labute approximate surface area is 67.0 Å². The van der Waals surface area contributed by atoms with Gasteiger partial charge in [0.15, 0.2) is 0 Å². The minimum absolute atomic E-state index is 0.135. The summed E-state index contributed by atoms with van der Waals surface area (Å²) in [5, 5.41) is 16.9. The van der Waals surface area contributed by atoms with Gasteiger partial charge in [-0.1, -0.05) is 25.3 Å². The van der Waals surface area contributed by atoms with Crippen molar-refractivity contribution in [2.75, 3.05) is 0 Å². The monoisotopic (exact) mass is 169 g/mol.